The SMILES string of the molecule is COC(=O)C(C)NC(=O)Cn1cncn1. The molecule has 0 saturated heterocycles. The molecule has 1 atom stereocenters. The number of hydrogen-bond acceptors (Lipinski definition) is 5. The van der Waals surface area contributed by atoms with E-state index in [0.717, 1.165) is 0 Å². The van der Waals surface area contributed by atoms with Gasteiger partial charge in [-0.05, 0) is 6.92 Å². The van der Waals surface area contributed by atoms with Crippen LogP contribution in [0.25, 0.3) is 0 Å². The number of rotatable bonds is 4. The predicted octanol–water partition coefficient (Wildman–Crippen LogP) is -1.04. The fourth-order valence-corrected chi connectivity index (χ4v) is 0.984. The van der Waals surface area contributed by atoms with Crippen molar-refractivity contribution < 1.29 is 14.3 Å². The van der Waals surface area contributed by atoms with Crippen molar-refractivity contribution in [3.8, 4) is 0 Å². The summed E-state index contributed by atoms with van der Waals surface area (Å²) in [5.74, 6) is -0.805. The molecule has 1 heterocycles. The largest absolute Gasteiger partial charge is 0.467 e. The molecule has 0 radical (unpaired) electrons. The standard InChI is InChI=1S/C8H12N4O3/c1-6(8(14)15-2)11-7(13)3-12-5-9-4-10-12/h4-6H,3H2,1-2H3,(H,11,13). The van der Waals surface area contributed by atoms with Crippen LogP contribution in [-0.4, -0.2) is 39.8 Å². The lowest BCUT2D eigenvalue weighted by atomic mass is 10.3. The number of carbonyl (C=O) groups is 2. The van der Waals surface area contributed by atoms with Crippen molar-refractivity contribution in [2.75, 3.05) is 7.11 Å². The zero-order valence-corrected chi connectivity index (χ0v) is 8.51. The van der Waals surface area contributed by atoms with Gasteiger partial charge in [0.1, 0.15) is 25.2 Å². The van der Waals surface area contributed by atoms with E-state index in [4.69, 9.17) is 0 Å². The Morgan fingerprint density at radius 3 is 2.87 bits per heavy atom. The first kappa shape index (κ1) is 11.2. The van der Waals surface area contributed by atoms with Gasteiger partial charge in [-0.2, -0.15) is 5.10 Å². The van der Waals surface area contributed by atoms with Gasteiger partial charge in [-0.25, -0.2) is 14.5 Å². The van der Waals surface area contributed by atoms with Crippen LogP contribution >= 0.6 is 0 Å². The van der Waals surface area contributed by atoms with Crippen molar-refractivity contribution in [1.29, 1.82) is 0 Å². The van der Waals surface area contributed by atoms with E-state index in [2.05, 4.69) is 20.1 Å². The summed E-state index contributed by atoms with van der Waals surface area (Å²) in [5, 5.41) is 6.22. The summed E-state index contributed by atoms with van der Waals surface area (Å²) in [4.78, 5) is 26.0. The molecule has 1 rings (SSSR count). The molecule has 0 spiro atoms. The lowest BCUT2D eigenvalue weighted by Gasteiger charge is -2.10. The topological polar surface area (TPSA) is 86.1 Å². The summed E-state index contributed by atoms with van der Waals surface area (Å²) < 4.78 is 5.82. The molecule has 1 unspecified atom stereocenters. The fourth-order valence-electron chi connectivity index (χ4n) is 0.984. The number of nitrogens with zero attached hydrogens (tertiary/aromatic N) is 3. The maximum Gasteiger partial charge on any atom is 0.328 e. The van der Waals surface area contributed by atoms with Crippen molar-refractivity contribution in [2.45, 2.75) is 19.5 Å². The Kier molecular flexibility index (Phi) is 3.78. The van der Waals surface area contributed by atoms with Crippen LogP contribution in [0.4, 0.5) is 0 Å². The van der Waals surface area contributed by atoms with Gasteiger partial charge in [-0.15, -0.1) is 0 Å². The fraction of sp³-hybridized carbons (Fsp3) is 0.500. The molecule has 1 aromatic heterocycles. The van der Waals surface area contributed by atoms with Gasteiger partial charge in [-0.1, -0.05) is 0 Å². The quantitative estimate of drug-likeness (QED) is 0.644. The Morgan fingerprint density at radius 1 is 1.60 bits per heavy atom. The van der Waals surface area contributed by atoms with Gasteiger partial charge in [0.25, 0.3) is 0 Å². The molecule has 0 fully saturated rings. The molecular weight excluding hydrogens is 200 g/mol. The van der Waals surface area contributed by atoms with E-state index in [9.17, 15) is 9.59 Å². The molecule has 0 aromatic carbocycles. The normalized spacial score (nSPS) is 11.9. The number of ether oxygens (including phenoxy) is 1. The van der Waals surface area contributed by atoms with E-state index < -0.39 is 12.0 Å². The molecule has 15 heavy (non-hydrogen) atoms. The predicted molar refractivity (Wildman–Crippen MR) is 49.6 cm³/mol. The number of methoxy groups -OCH3 is 1. The second-order valence-electron chi connectivity index (χ2n) is 2.91. The smallest absolute Gasteiger partial charge is 0.328 e. The molecule has 7 heteroatoms. The maximum atomic E-state index is 11.3. The van der Waals surface area contributed by atoms with Gasteiger partial charge in [0, 0.05) is 0 Å². The molecule has 0 aliphatic rings. The number of aromatic nitrogens is 3. The van der Waals surface area contributed by atoms with E-state index >= 15 is 0 Å². The summed E-state index contributed by atoms with van der Waals surface area (Å²) in [6, 6.07) is -0.661. The minimum atomic E-state index is -0.661. The van der Waals surface area contributed by atoms with Crippen molar-refractivity contribution in [3.05, 3.63) is 12.7 Å². The minimum absolute atomic E-state index is 0.0291. The lowest BCUT2D eigenvalue weighted by Crippen LogP contribution is -2.40. The Morgan fingerprint density at radius 2 is 2.33 bits per heavy atom. The first-order chi connectivity index (χ1) is 7.13. The van der Waals surface area contributed by atoms with E-state index in [0.29, 0.717) is 0 Å². The number of esters is 1. The third-order valence-electron chi connectivity index (χ3n) is 1.70. The monoisotopic (exact) mass is 212 g/mol. The number of hydrogen-bond donors (Lipinski definition) is 1. The van der Waals surface area contributed by atoms with Crippen molar-refractivity contribution in [3.63, 3.8) is 0 Å². The molecule has 1 aromatic rings. The lowest BCUT2D eigenvalue weighted by molar-refractivity contribution is -0.144. The molecule has 7 nitrogen and oxygen atoms in total. The van der Waals surface area contributed by atoms with Crippen LogP contribution in [0.5, 0.6) is 0 Å². The number of amides is 1. The third-order valence-corrected chi connectivity index (χ3v) is 1.70. The van der Waals surface area contributed by atoms with Crippen molar-refractivity contribution in [2.24, 2.45) is 0 Å². The molecule has 82 valence electrons. The Labute approximate surface area is 86.4 Å². The zero-order chi connectivity index (χ0) is 11.3. The van der Waals surface area contributed by atoms with Gasteiger partial charge in [0.2, 0.25) is 5.91 Å². The Hall–Kier alpha value is -1.92. The molecule has 0 bridgehead atoms. The zero-order valence-electron chi connectivity index (χ0n) is 8.51. The van der Waals surface area contributed by atoms with E-state index in [1.165, 1.54) is 24.4 Å². The number of nitrogens with one attached hydrogen (secondary N) is 1. The van der Waals surface area contributed by atoms with E-state index in [1.54, 1.807) is 6.92 Å². The van der Waals surface area contributed by atoms with Crippen molar-refractivity contribution >= 4 is 11.9 Å². The Bertz CT molecular complexity index is 336. The summed E-state index contributed by atoms with van der Waals surface area (Å²) in [7, 11) is 1.27. The molecular formula is C8H12N4O3. The van der Waals surface area contributed by atoms with Crippen LogP contribution in [-0.2, 0) is 20.9 Å². The summed E-state index contributed by atoms with van der Waals surface area (Å²) in [6.07, 6.45) is 2.75. The maximum absolute atomic E-state index is 11.3. The molecule has 1 amide bonds. The van der Waals surface area contributed by atoms with Crippen LogP contribution < -0.4 is 5.32 Å². The summed E-state index contributed by atoms with van der Waals surface area (Å²) in [5.41, 5.74) is 0. The third kappa shape index (κ3) is 3.37. The Balaban J connectivity index is 2.39. The van der Waals surface area contributed by atoms with Crippen LogP contribution in [0.1, 0.15) is 6.92 Å². The van der Waals surface area contributed by atoms with Crippen LogP contribution in [0.15, 0.2) is 12.7 Å². The molecule has 0 saturated carbocycles. The molecule has 0 aliphatic carbocycles. The average molecular weight is 212 g/mol. The van der Waals surface area contributed by atoms with E-state index in [-0.39, 0.29) is 12.5 Å². The van der Waals surface area contributed by atoms with Gasteiger partial charge in [-0.3, -0.25) is 4.79 Å². The van der Waals surface area contributed by atoms with Gasteiger partial charge in [0.15, 0.2) is 0 Å². The first-order valence-electron chi connectivity index (χ1n) is 4.33. The summed E-state index contributed by atoms with van der Waals surface area (Å²) >= 11 is 0. The van der Waals surface area contributed by atoms with Crippen LogP contribution in [0, 0.1) is 0 Å². The second-order valence-corrected chi connectivity index (χ2v) is 2.91. The highest BCUT2D eigenvalue weighted by Crippen LogP contribution is 1.87. The average Bonchev–Trinajstić information content (AvgIpc) is 2.68. The molecule has 0 aliphatic heterocycles. The summed E-state index contributed by atoms with van der Waals surface area (Å²) in [6.45, 7) is 1.58. The van der Waals surface area contributed by atoms with Crippen LogP contribution in [0.3, 0.4) is 0 Å². The minimum Gasteiger partial charge on any atom is -0.467 e. The second kappa shape index (κ2) is 5.08. The van der Waals surface area contributed by atoms with Gasteiger partial charge >= 0.3 is 5.97 Å². The highest BCUT2D eigenvalue weighted by Gasteiger charge is 2.15. The van der Waals surface area contributed by atoms with E-state index in [1.807, 2.05) is 0 Å². The molecule has 1 N–H and O–H groups in total. The highest BCUT2D eigenvalue weighted by molar-refractivity contribution is 5.83. The van der Waals surface area contributed by atoms with Crippen molar-refractivity contribution in [1.82, 2.24) is 20.1 Å². The van der Waals surface area contributed by atoms with Gasteiger partial charge < -0.3 is 10.1 Å². The first-order valence-corrected chi connectivity index (χ1v) is 4.33. The number of carbonyl (C=O) groups excluding carboxylic acids is 2. The van der Waals surface area contributed by atoms with Gasteiger partial charge in [0.05, 0.1) is 7.11 Å². The highest BCUT2D eigenvalue weighted by atomic mass is 16.5. The van der Waals surface area contributed by atoms with Crippen LogP contribution in [0.2, 0.25) is 0 Å².